The molecule has 3 atom stereocenters. The lowest BCUT2D eigenvalue weighted by molar-refractivity contribution is -0.144. The molecule has 3 unspecified atom stereocenters. The molecule has 1 aromatic heterocycles. The molecule has 17 heavy (non-hydrogen) atoms. The van der Waals surface area contributed by atoms with E-state index in [-0.39, 0.29) is 0 Å². The first-order chi connectivity index (χ1) is 8.04. The van der Waals surface area contributed by atoms with Gasteiger partial charge in [0.2, 0.25) is 11.0 Å². The summed E-state index contributed by atoms with van der Waals surface area (Å²) >= 11 is 0.812. The Balaban J connectivity index is 1.51. The number of hydrogen-bond donors (Lipinski definition) is 1. The highest BCUT2D eigenvalue weighted by Gasteiger charge is 2.68. The Kier molecular flexibility index (Phi) is 1.74. The first-order valence-electron chi connectivity index (χ1n) is 5.71. The Bertz CT molecular complexity index is 458. The Morgan fingerprint density at radius 3 is 2.41 bits per heavy atom. The summed E-state index contributed by atoms with van der Waals surface area (Å²) in [6.45, 7) is 0. The van der Waals surface area contributed by atoms with Gasteiger partial charge in [-0.2, -0.15) is 22.5 Å². The fourth-order valence-electron chi connectivity index (χ4n) is 3.83. The van der Waals surface area contributed by atoms with E-state index in [1.165, 1.54) is 12.8 Å². The predicted octanol–water partition coefficient (Wildman–Crippen LogP) is 2.62. The second-order valence-corrected chi connectivity index (χ2v) is 5.98. The van der Waals surface area contributed by atoms with Gasteiger partial charge in [0.25, 0.3) is 0 Å². The minimum atomic E-state index is -4.43. The van der Waals surface area contributed by atoms with Gasteiger partial charge in [-0.25, -0.2) is 0 Å². The zero-order valence-corrected chi connectivity index (χ0v) is 9.55. The van der Waals surface area contributed by atoms with Gasteiger partial charge in [0.1, 0.15) is 0 Å². The third-order valence-electron chi connectivity index (χ3n) is 4.44. The van der Waals surface area contributed by atoms with Crippen LogP contribution in [0.2, 0.25) is 0 Å². The van der Waals surface area contributed by atoms with Gasteiger partial charge in [-0.15, -0.1) is 0 Å². The van der Waals surface area contributed by atoms with Crippen LogP contribution in [0.5, 0.6) is 0 Å². The van der Waals surface area contributed by atoms with Crippen molar-refractivity contribution in [1.29, 1.82) is 0 Å². The first-order valence-corrected chi connectivity index (χ1v) is 6.49. The molecule has 5 rings (SSSR count). The summed E-state index contributed by atoms with van der Waals surface area (Å²) in [5.41, 5.74) is 0. The van der Waals surface area contributed by atoms with Gasteiger partial charge in [0.15, 0.2) is 0 Å². The minimum Gasteiger partial charge on any atom is -0.357 e. The van der Waals surface area contributed by atoms with E-state index in [0.717, 1.165) is 23.4 Å². The highest BCUT2D eigenvalue weighted by atomic mass is 32.1. The molecule has 0 radical (unpaired) electrons. The molecule has 0 aliphatic heterocycles. The summed E-state index contributed by atoms with van der Waals surface area (Å²) in [5, 5.41) is 3.48. The summed E-state index contributed by atoms with van der Waals surface area (Å²) in [5.74, 6) is 1.99. The molecular weight excluding hydrogens is 251 g/mol. The lowest BCUT2D eigenvalue weighted by Crippen LogP contribution is -2.23. The van der Waals surface area contributed by atoms with Crippen LogP contribution in [0.15, 0.2) is 0 Å². The number of nitrogens with one attached hydrogen (secondary N) is 1. The van der Waals surface area contributed by atoms with Gasteiger partial charge in [0.05, 0.1) is 0 Å². The largest absolute Gasteiger partial charge is 0.452 e. The van der Waals surface area contributed by atoms with Crippen molar-refractivity contribution in [2.45, 2.75) is 25.1 Å². The van der Waals surface area contributed by atoms with Crippen molar-refractivity contribution >= 4 is 16.7 Å². The van der Waals surface area contributed by atoms with E-state index in [1.807, 2.05) is 0 Å². The quantitative estimate of drug-likeness (QED) is 0.889. The number of alkyl halides is 3. The standard InChI is InChI=1S/C10H10F3N3S/c11-10(12,13)8-15-9(17-16-8)14-7-3-1-4-5(2-3)6(4)7/h3-7H,1-2H2,(H,14,15,16). The van der Waals surface area contributed by atoms with Crippen LogP contribution in [0.4, 0.5) is 18.3 Å². The molecule has 3 nitrogen and oxygen atoms in total. The van der Waals surface area contributed by atoms with Crippen LogP contribution in [-0.2, 0) is 6.18 Å². The Hall–Kier alpha value is -0.850. The molecule has 7 heteroatoms. The molecule has 4 fully saturated rings. The van der Waals surface area contributed by atoms with Crippen molar-refractivity contribution in [3.8, 4) is 0 Å². The van der Waals surface area contributed by atoms with Crippen LogP contribution in [0.1, 0.15) is 18.7 Å². The summed E-state index contributed by atoms with van der Waals surface area (Å²) in [6, 6.07) is 0.346. The van der Waals surface area contributed by atoms with Crippen LogP contribution in [0.3, 0.4) is 0 Å². The van der Waals surface area contributed by atoms with Crippen molar-refractivity contribution in [1.82, 2.24) is 9.36 Å². The molecule has 92 valence electrons. The van der Waals surface area contributed by atoms with Gasteiger partial charge in [-0.3, -0.25) is 0 Å². The molecule has 0 amide bonds. The minimum absolute atomic E-state index is 0.320. The topological polar surface area (TPSA) is 37.8 Å². The van der Waals surface area contributed by atoms with E-state index in [2.05, 4.69) is 14.7 Å². The van der Waals surface area contributed by atoms with Crippen molar-refractivity contribution in [2.24, 2.45) is 23.7 Å². The van der Waals surface area contributed by atoms with Gasteiger partial charge in [-0.1, -0.05) is 0 Å². The van der Waals surface area contributed by atoms with Crippen LogP contribution >= 0.6 is 11.5 Å². The maximum absolute atomic E-state index is 12.3. The smallest absolute Gasteiger partial charge is 0.357 e. The number of halogens is 3. The van der Waals surface area contributed by atoms with Gasteiger partial charge >= 0.3 is 6.18 Å². The normalized spacial score (nSPS) is 41.9. The van der Waals surface area contributed by atoms with E-state index in [0.29, 0.717) is 23.0 Å². The molecule has 1 heterocycles. The van der Waals surface area contributed by atoms with Crippen LogP contribution in [0, 0.1) is 23.7 Å². The van der Waals surface area contributed by atoms with E-state index in [1.54, 1.807) is 0 Å². The summed E-state index contributed by atoms with van der Waals surface area (Å²) in [7, 11) is 0. The van der Waals surface area contributed by atoms with Crippen molar-refractivity contribution < 1.29 is 13.2 Å². The molecule has 4 bridgehead atoms. The number of anilines is 1. The van der Waals surface area contributed by atoms with Gasteiger partial charge < -0.3 is 5.32 Å². The third kappa shape index (κ3) is 1.34. The Morgan fingerprint density at radius 2 is 1.94 bits per heavy atom. The van der Waals surface area contributed by atoms with E-state index in [9.17, 15) is 13.2 Å². The zero-order valence-electron chi connectivity index (χ0n) is 8.74. The fourth-order valence-corrected chi connectivity index (χ4v) is 4.46. The monoisotopic (exact) mass is 261 g/mol. The molecule has 1 N–H and O–H groups in total. The molecule has 4 saturated carbocycles. The maximum Gasteiger partial charge on any atom is 0.452 e. The maximum atomic E-state index is 12.3. The molecule has 0 spiro atoms. The number of rotatable bonds is 2. The van der Waals surface area contributed by atoms with Crippen LogP contribution in [-0.4, -0.2) is 15.4 Å². The third-order valence-corrected chi connectivity index (χ3v) is 5.09. The second-order valence-electron chi connectivity index (χ2n) is 5.23. The number of aromatic nitrogens is 2. The number of nitrogens with zero attached hydrogens (tertiary/aromatic N) is 2. The van der Waals surface area contributed by atoms with Gasteiger partial charge in [-0.05, 0) is 36.5 Å². The highest BCUT2D eigenvalue weighted by molar-refractivity contribution is 7.09. The van der Waals surface area contributed by atoms with E-state index in [4.69, 9.17) is 0 Å². The summed E-state index contributed by atoms with van der Waals surface area (Å²) in [4.78, 5) is 3.52. The van der Waals surface area contributed by atoms with E-state index >= 15 is 0 Å². The highest BCUT2D eigenvalue weighted by Crippen LogP contribution is 2.70. The second kappa shape index (κ2) is 2.93. The average molecular weight is 261 g/mol. The van der Waals surface area contributed by atoms with Crippen molar-refractivity contribution in [2.75, 3.05) is 5.32 Å². The Labute approximate surface area is 99.6 Å². The van der Waals surface area contributed by atoms with Crippen LogP contribution < -0.4 is 5.32 Å². The molecule has 4 aliphatic carbocycles. The van der Waals surface area contributed by atoms with Crippen LogP contribution in [0.25, 0.3) is 0 Å². The SMILES string of the molecule is FC(F)(F)c1nsc(NC2C3CC4C(C3)C42)n1. The predicted molar refractivity (Wildman–Crippen MR) is 55.5 cm³/mol. The average Bonchev–Trinajstić information content (AvgIpc) is 2.77. The molecular formula is C10H10F3N3S. The molecule has 0 aromatic carbocycles. The number of hydrogen-bond acceptors (Lipinski definition) is 4. The van der Waals surface area contributed by atoms with Gasteiger partial charge in [0, 0.05) is 17.6 Å². The lowest BCUT2D eigenvalue weighted by Gasteiger charge is -2.15. The molecule has 1 aromatic rings. The fraction of sp³-hybridized carbons (Fsp3) is 0.800. The molecule has 4 aliphatic rings. The van der Waals surface area contributed by atoms with Crippen molar-refractivity contribution in [3.05, 3.63) is 5.82 Å². The molecule has 0 saturated heterocycles. The first kappa shape index (κ1) is 10.1. The van der Waals surface area contributed by atoms with Crippen molar-refractivity contribution in [3.63, 3.8) is 0 Å². The van der Waals surface area contributed by atoms with E-state index < -0.39 is 12.0 Å². The Morgan fingerprint density at radius 1 is 1.24 bits per heavy atom. The summed E-state index contributed by atoms with van der Waals surface area (Å²) < 4.78 is 40.4. The lowest BCUT2D eigenvalue weighted by atomic mass is 10.1. The summed E-state index contributed by atoms with van der Waals surface area (Å²) in [6.07, 6.45) is -1.94. The zero-order chi connectivity index (χ0) is 11.8.